The number of carbonyl (C=O) groups is 5. The summed E-state index contributed by atoms with van der Waals surface area (Å²) in [6, 6.07) is 11.7. The maximum absolute atomic E-state index is 14.0. The Balaban J connectivity index is 1.45. The summed E-state index contributed by atoms with van der Waals surface area (Å²) in [4.78, 5) is 83.3. The van der Waals surface area contributed by atoms with Gasteiger partial charge in [0.15, 0.2) is 0 Å². The van der Waals surface area contributed by atoms with Gasteiger partial charge in [-0.25, -0.2) is 9.69 Å². The number of hydrogen-bond acceptors (Lipinski definition) is 10. The molecule has 0 radical (unpaired) electrons. The van der Waals surface area contributed by atoms with Crippen LogP contribution in [-0.2, 0) is 30.5 Å². The molecule has 2 aliphatic heterocycles. The van der Waals surface area contributed by atoms with Gasteiger partial charge < -0.3 is 36.5 Å². The molecule has 2 aromatic carbocycles. The molecule has 2 fully saturated rings. The smallest absolute Gasteiger partial charge is 0.327 e. The Kier molecular flexibility index (Phi) is 8.99. The second-order valence-corrected chi connectivity index (χ2v) is 13.6. The largest absolute Gasteiger partial charge is 0.508 e. The topological polar surface area (TPSA) is 220 Å². The molecule has 47 heavy (non-hydrogen) atoms. The zero-order chi connectivity index (χ0) is 34.4. The number of benzene rings is 2. The quantitative estimate of drug-likeness (QED) is 0.204. The van der Waals surface area contributed by atoms with Crippen LogP contribution in [0.4, 0.5) is 5.69 Å². The maximum atomic E-state index is 14.0. The number of carboxylic acid groups (broad SMARTS) is 1. The fourth-order valence-electron chi connectivity index (χ4n) is 5.96. The molecule has 1 aromatic heterocycles. The molecule has 3 aromatic rings. The minimum atomic E-state index is -1.25. The number of H-pyrrole nitrogens is 1. The average molecular weight is 663 g/mol. The number of imide groups is 1. The van der Waals surface area contributed by atoms with Gasteiger partial charge in [0, 0.05) is 22.9 Å². The van der Waals surface area contributed by atoms with Gasteiger partial charge in [0.05, 0.1) is 18.8 Å². The van der Waals surface area contributed by atoms with Crippen molar-refractivity contribution in [3.05, 3.63) is 82.1 Å². The van der Waals surface area contributed by atoms with Crippen LogP contribution in [0.5, 0.6) is 5.75 Å². The predicted octanol–water partition coefficient (Wildman–Crippen LogP) is 1.13. The number of carboxylic acids is 1. The first-order valence-electron chi connectivity index (χ1n) is 14.6. The van der Waals surface area contributed by atoms with Gasteiger partial charge >= 0.3 is 5.97 Å². The Bertz CT molecular complexity index is 1810. The van der Waals surface area contributed by atoms with E-state index in [4.69, 9.17) is 11.5 Å². The molecular formula is C32H34N6O8S. The molecule has 0 bridgehead atoms. The number of aromatic amines is 1. The summed E-state index contributed by atoms with van der Waals surface area (Å²) in [5, 5.41) is 18.9. The number of rotatable bonds is 9. The Morgan fingerprint density at radius 1 is 1.02 bits per heavy atom. The highest BCUT2D eigenvalue weighted by molar-refractivity contribution is 8.01. The summed E-state index contributed by atoms with van der Waals surface area (Å²) >= 11 is 1.26. The molecule has 0 aliphatic carbocycles. The Labute approximate surface area is 273 Å². The lowest BCUT2D eigenvalue weighted by Crippen LogP contribution is -2.71. The first-order valence-corrected chi connectivity index (χ1v) is 15.5. The lowest BCUT2D eigenvalue weighted by atomic mass is 9.94. The molecule has 3 heterocycles. The second-order valence-electron chi connectivity index (χ2n) is 11.8. The van der Waals surface area contributed by atoms with Gasteiger partial charge in [-0.2, -0.15) is 0 Å². The van der Waals surface area contributed by atoms with Crippen LogP contribution in [0.1, 0.15) is 37.9 Å². The number of phenols is 1. The third-order valence-corrected chi connectivity index (χ3v) is 9.85. The number of aromatic nitrogens is 1. The molecule has 1 unspecified atom stereocenters. The van der Waals surface area contributed by atoms with Gasteiger partial charge in [-0.1, -0.05) is 24.3 Å². The number of aromatic hydroxyl groups is 1. The molecule has 246 valence electrons. The maximum Gasteiger partial charge on any atom is 0.327 e. The van der Waals surface area contributed by atoms with Crippen molar-refractivity contribution < 1.29 is 34.2 Å². The molecule has 7 N–H and O–H groups in total. The molecule has 5 rings (SSSR count). The zero-order valence-corrected chi connectivity index (χ0v) is 26.6. The van der Waals surface area contributed by atoms with Gasteiger partial charge in [-0.15, -0.1) is 11.8 Å². The van der Waals surface area contributed by atoms with Crippen molar-refractivity contribution in [3.63, 3.8) is 0 Å². The highest BCUT2D eigenvalue weighted by Gasteiger charge is 2.66. The number of pyridine rings is 1. The number of amides is 4. The van der Waals surface area contributed by atoms with Crippen LogP contribution in [0.2, 0.25) is 0 Å². The third-order valence-electron chi connectivity index (χ3n) is 8.29. The van der Waals surface area contributed by atoms with E-state index in [1.54, 1.807) is 44.2 Å². The highest BCUT2D eigenvalue weighted by atomic mass is 32.2. The highest BCUT2D eigenvalue weighted by Crippen LogP contribution is 2.52. The fourth-order valence-corrected chi connectivity index (χ4v) is 7.66. The van der Waals surface area contributed by atoms with Crippen molar-refractivity contribution in [3.8, 4) is 17.0 Å². The van der Waals surface area contributed by atoms with Crippen molar-refractivity contribution in [2.45, 2.75) is 55.6 Å². The number of nitrogens with two attached hydrogens (primary N) is 2. The van der Waals surface area contributed by atoms with Crippen LogP contribution >= 0.6 is 11.8 Å². The van der Waals surface area contributed by atoms with E-state index in [1.807, 2.05) is 0 Å². The molecule has 2 saturated heterocycles. The number of nitrogens with one attached hydrogen (secondary N) is 1. The van der Waals surface area contributed by atoms with E-state index >= 15 is 0 Å². The monoisotopic (exact) mass is 662 g/mol. The summed E-state index contributed by atoms with van der Waals surface area (Å²) < 4.78 is -0.845. The SMILES string of the molecule is CC(=O)N(C(=O)CN)c1ccc(-c2ccc(CN(C(=O)C(N)c3ccc(O)cc3)[C@@H]3C(=O)N4[C@@H]3SC(C)(C)[C@@H]4C(=O)O)c(=O)[nH]2)cc1. The van der Waals surface area contributed by atoms with Gasteiger partial charge in [-0.05, 0) is 61.4 Å². The third kappa shape index (κ3) is 6.12. The van der Waals surface area contributed by atoms with Crippen molar-refractivity contribution in [2.75, 3.05) is 11.4 Å². The minimum Gasteiger partial charge on any atom is -0.508 e. The second kappa shape index (κ2) is 12.7. The molecule has 4 amide bonds. The summed E-state index contributed by atoms with van der Waals surface area (Å²) in [7, 11) is 0. The molecule has 2 aliphatic rings. The van der Waals surface area contributed by atoms with Crippen molar-refractivity contribution in [1.29, 1.82) is 0 Å². The predicted molar refractivity (Wildman–Crippen MR) is 173 cm³/mol. The lowest BCUT2D eigenvalue weighted by Gasteiger charge is -2.48. The minimum absolute atomic E-state index is 0.0270. The summed E-state index contributed by atoms with van der Waals surface area (Å²) in [6.07, 6.45) is 0. The number of phenolic OH excluding ortho intramolecular Hbond substituents is 1. The van der Waals surface area contributed by atoms with Gasteiger partial charge in [0.1, 0.15) is 29.2 Å². The van der Waals surface area contributed by atoms with E-state index < -0.39 is 63.4 Å². The number of β-lactam (4-membered cyclic amide) rings is 1. The van der Waals surface area contributed by atoms with E-state index in [0.717, 1.165) is 4.90 Å². The van der Waals surface area contributed by atoms with Crippen LogP contribution in [0.25, 0.3) is 11.3 Å². The number of thioether (sulfide) groups is 1. The van der Waals surface area contributed by atoms with E-state index in [9.17, 15) is 39.0 Å². The number of nitrogens with zero attached hydrogens (tertiary/aromatic N) is 3. The van der Waals surface area contributed by atoms with Crippen LogP contribution < -0.4 is 21.9 Å². The average Bonchev–Trinajstić information content (AvgIpc) is 3.28. The Hall–Kier alpha value is -4.99. The summed E-state index contributed by atoms with van der Waals surface area (Å²) in [5.74, 6) is -3.48. The van der Waals surface area contributed by atoms with Gasteiger partial charge in [0.25, 0.3) is 5.56 Å². The van der Waals surface area contributed by atoms with E-state index in [0.29, 0.717) is 22.5 Å². The number of aliphatic carboxylic acids is 1. The van der Waals surface area contributed by atoms with Crippen LogP contribution in [0.15, 0.2) is 65.5 Å². The molecule has 15 heteroatoms. The van der Waals surface area contributed by atoms with Crippen molar-refractivity contribution in [1.82, 2.24) is 14.8 Å². The van der Waals surface area contributed by atoms with Gasteiger partial charge in [0.2, 0.25) is 23.6 Å². The van der Waals surface area contributed by atoms with Gasteiger partial charge in [-0.3, -0.25) is 24.0 Å². The summed E-state index contributed by atoms with van der Waals surface area (Å²) in [6.45, 7) is 4.04. The van der Waals surface area contributed by atoms with E-state index in [1.165, 1.54) is 58.8 Å². The molecule has 0 spiro atoms. The van der Waals surface area contributed by atoms with E-state index in [2.05, 4.69) is 4.98 Å². The number of hydrogen-bond donors (Lipinski definition) is 5. The summed E-state index contributed by atoms with van der Waals surface area (Å²) in [5.41, 5.74) is 13.0. The normalized spacial score (nSPS) is 20.1. The first-order chi connectivity index (χ1) is 22.2. The number of fused-ring (bicyclic) bond motifs is 1. The van der Waals surface area contributed by atoms with Crippen molar-refractivity contribution >= 4 is 47.0 Å². The molecule has 4 atom stereocenters. The van der Waals surface area contributed by atoms with E-state index in [-0.39, 0.29) is 24.4 Å². The zero-order valence-electron chi connectivity index (χ0n) is 25.7. The lowest BCUT2D eigenvalue weighted by molar-refractivity contribution is -0.169. The Morgan fingerprint density at radius 3 is 2.21 bits per heavy atom. The molecular weight excluding hydrogens is 628 g/mol. The van der Waals surface area contributed by atoms with Crippen LogP contribution in [-0.4, -0.2) is 83.3 Å². The number of carbonyl (C=O) groups excluding carboxylic acids is 4. The fraction of sp³-hybridized carbons (Fsp3) is 0.312. The molecule has 14 nitrogen and oxygen atoms in total. The molecule has 0 saturated carbocycles. The first kappa shape index (κ1) is 33.4. The van der Waals surface area contributed by atoms with Crippen LogP contribution in [0, 0.1) is 0 Å². The standard InChI is InChI=1S/C32H34N6O8S/c1-16(39)37(23(41)14-33)20-9-4-17(5-10-20)22-13-8-19(27(42)35-22)15-36(28(43)24(34)18-6-11-21(40)12-7-18)25-29(44)38-26(31(45)46)32(2,3)47-30(25)38/h4-13,24-26,30,40H,14-15,33-34H2,1-3H3,(H,35,42)(H,45,46)/t24?,25-,26+,30-/m1/s1. The number of anilines is 1. The van der Waals surface area contributed by atoms with Crippen LogP contribution in [0.3, 0.4) is 0 Å². The van der Waals surface area contributed by atoms with Crippen molar-refractivity contribution in [2.24, 2.45) is 11.5 Å². The Morgan fingerprint density at radius 2 is 1.66 bits per heavy atom.